The molecule has 0 spiro atoms. The predicted molar refractivity (Wildman–Crippen MR) is 108 cm³/mol. The van der Waals surface area contributed by atoms with Crippen LogP contribution in [0.3, 0.4) is 0 Å². The van der Waals surface area contributed by atoms with Crippen molar-refractivity contribution in [1.29, 1.82) is 0 Å². The molecule has 0 amide bonds. The summed E-state index contributed by atoms with van der Waals surface area (Å²) in [6.45, 7) is 0. The highest BCUT2D eigenvalue weighted by atomic mass is 16.3. The first-order chi connectivity index (χ1) is 12.8. The molecule has 128 valence electrons. The molecule has 0 unspecified atom stereocenters. The van der Waals surface area contributed by atoms with Crippen LogP contribution in [0.15, 0.2) is 84.9 Å². The summed E-state index contributed by atoms with van der Waals surface area (Å²) in [6.07, 6.45) is 3.34. The van der Waals surface area contributed by atoms with Crippen LogP contribution < -0.4 is 0 Å². The Morgan fingerprint density at radius 3 is 1.77 bits per heavy atom. The molecule has 1 heteroatoms. The van der Waals surface area contributed by atoms with Crippen molar-refractivity contribution in [2.24, 2.45) is 5.92 Å². The summed E-state index contributed by atoms with van der Waals surface area (Å²) < 4.78 is 0. The average Bonchev–Trinajstić information content (AvgIpc) is 2.65. The van der Waals surface area contributed by atoms with E-state index in [0.717, 1.165) is 34.7 Å². The number of fused-ring (bicyclic) bond motifs is 2. The molecule has 0 aromatic heterocycles. The van der Waals surface area contributed by atoms with Crippen LogP contribution in [0.4, 0.5) is 0 Å². The fourth-order valence-electron chi connectivity index (χ4n) is 4.53. The maximum absolute atomic E-state index is 12.3. The predicted octanol–water partition coefficient (Wildman–Crippen LogP) is 6.03. The average molecular weight is 338 g/mol. The van der Waals surface area contributed by atoms with Gasteiger partial charge in [0.15, 0.2) is 0 Å². The summed E-state index contributed by atoms with van der Waals surface area (Å²) in [5.74, 6) is 0.263. The van der Waals surface area contributed by atoms with Crippen molar-refractivity contribution < 1.29 is 5.11 Å². The van der Waals surface area contributed by atoms with E-state index in [4.69, 9.17) is 0 Å². The minimum absolute atomic E-state index is 0.263. The Balaban J connectivity index is 1.93. The second-order valence-electron chi connectivity index (χ2n) is 7.45. The van der Waals surface area contributed by atoms with Crippen LogP contribution in [0.2, 0.25) is 0 Å². The molecule has 26 heavy (non-hydrogen) atoms. The van der Waals surface area contributed by atoms with Gasteiger partial charge in [0, 0.05) is 5.56 Å². The molecular weight excluding hydrogens is 316 g/mol. The molecule has 0 bridgehead atoms. The molecule has 1 N–H and O–H groups in total. The summed E-state index contributed by atoms with van der Waals surface area (Å²) in [7, 11) is 0. The molecule has 0 aliphatic heterocycles. The first-order valence-electron chi connectivity index (χ1n) is 9.47. The molecule has 1 aliphatic carbocycles. The molecule has 1 atom stereocenters. The zero-order valence-corrected chi connectivity index (χ0v) is 14.7. The Hall–Kier alpha value is -2.64. The number of benzene rings is 4. The van der Waals surface area contributed by atoms with Crippen molar-refractivity contribution >= 4 is 21.5 Å². The molecule has 1 saturated carbocycles. The van der Waals surface area contributed by atoms with Gasteiger partial charge in [0.25, 0.3) is 0 Å². The van der Waals surface area contributed by atoms with Crippen molar-refractivity contribution in [2.75, 3.05) is 0 Å². The Morgan fingerprint density at radius 2 is 1.23 bits per heavy atom. The van der Waals surface area contributed by atoms with Crippen LogP contribution in [0.25, 0.3) is 21.5 Å². The van der Waals surface area contributed by atoms with Crippen LogP contribution in [-0.2, 0) is 5.60 Å². The smallest absolute Gasteiger partial charge is 0.119 e. The van der Waals surface area contributed by atoms with E-state index in [1.807, 2.05) is 18.2 Å². The number of hydrogen-bond donors (Lipinski definition) is 1. The van der Waals surface area contributed by atoms with Gasteiger partial charge in [-0.2, -0.15) is 0 Å². The van der Waals surface area contributed by atoms with Gasteiger partial charge in [-0.05, 0) is 51.9 Å². The third kappa shape index (κ3) is 2.21. The van der Waals surface area contributed by atoms with Gasteiger partial charge in [0.05, 0.1) is 0 Å². The van der Waals surface area contributed by atoms with E-state index in [9.17, 15) is 5.11 Å². The lowest BCUT2D eigenvalue weighted by Gasteiger charge is -2.43. The van der Waals surface area contributed by atoms with E-state index in [1.165, 1.54) is 17.2 Å². The lowest BCUT2D eigenvalue weighted by Crippen LogP contribution is -2.40. The molecule has 0 saturated heterocycles. The Morgan fingerprint density at radius 1 is 0.692 bits per heavy atom. The van der Waals surface area contributed by atoms with Gasteiger partial charge >= 0.3 is 0 Å². The zero-order valence-electron chi connectivity index (χ0n) is 14.7. The van der Waals surface area contributed by atoms with E-state index in [0.29, 0.717) is 0 Å². The van der Waals surface area contributed by atoms with Gasteiger partial charge in [-0.25, -0.2) is 0 Å². The zero-order chi connectivity index (χ0) is 17.6. The molecule has 4 aromatic rings. The van der Waals surface area contributed by atoms with Gasteiger partial charge < -0.3 is 5.11 Å². The molecule has 0 heterocycles. The van der Waals surface area contributed by atoms with Crippen molar-refractivity contribution in [3.05, 3.63) is 96.1 Å². The summed E-state index contributed by atoms with van der Waals surface area (Å²) in [6, 6.07) is 29.4. The highest BCUT2D eigenvalue weighted by Crippen LogP contribution is 2.50. The normalized spacial score (nSPS) is 17.1. The summed E-state index contributed by atoms with van der Waals surface area (Å²) in [5, 5.41) is 17.0. The fourth-order valence-corrected chi connectivity index (χ4v) is 4.53. The quantitative estimate of drug-likeness (QED) is 0.452. The maximum atomic E-state index is 12.3. The van der Waals surface area contributed by atoms with Crippen LogP contribution in [-0.4, -0.2) is 5.11 Å². The molecule has 5 rings (SSSR count). The molecule has 1 nitrogen and oxygen atoms in total. The summed E-state index contributed by atoms with van der Waals surface area (Å²) >= 11 is 0. The van der Waals surface area contributed by atoms with Gasteiger partial charge in [-0.15, -0.1) is 0 Å². The van der Waals surface area contributed by atoms with Gasteiger partial charge in [-0.1, -0.05) is 85.3 Å². The van der Waals surface area contributed by atoms with E-state index in [-0.39, 0.29) is 5.92 Å². The van der Waals surface area contributed by atoms with Crippen LogP contribution in [0.5, 0.6) is 0 Å². The Kier molecular flexibility index (Phi) is 3.58. The molecule has 1 aliphatic rings. The van der Waals surface area contributed by atoms with Crippen LogP contribution >= 0.6 is 0 Å². The molecule has 4 aromatic carbocycles. The van der Waals surface area contributed by atoms with Crippen molar-refractivity contribution in [3.63, 3.8) is 0 Å². The summed E-state index contributed by atoms with van der Waals surface area (Å²) in [4.78, 5) is 0. The van der Waals surface area contributed by atoms with E-state index in [2.05, 4.69) is 66.7 Å². The minimum Gasteiger partial charge on any atom is -0.380 e. The van der Waals surface area contributed by atoms with Crippen LogP contribution in [0.1, 0.15) is 30.4 Å². The molecule has 0 radical (unpaired) electrons. The third-order valence-corrected chi connectivity index (χ3v) is 6.06. The lowest BCUT2D eigenvalue weighted by atomic mass is 9.65. The maximum Gasteiger partial charge on any atom is 0.119 e. The Labute approximate surface area is 153 Å². The van der Waals surface area contributed by atoms with E-state index >= 15 is 0 Å². The molecule has 1 fully saturated rings. The van der Waals surface area contributed by atoms with E-state index < -0.39 is 5.60 Å². The first-order valence-corrected chi connectivity index (χ1v) is 9.47. The van der Waals surface area contributed by atoms with Crippen molar-refractivity contribution in [3.8, 4) is 0 Å². The SMILES string of the molecule is O[C@](c1ccccc1)(c1c2ccccc2cc2ccccc12)C1CCC1. The lowest BCUT2D eigenvalue weighted by molar-refractivity contribution is -0.0176. The topological polar surface area (TPSA) is 20.2 Å². The largest absolute Gasteiger partial charge is 0.380 e. The van der Waals surface area contributed by atoms with Gasteiger partial charge in [-0.3, -0.25) is 0 Å². The highest BCUT2D eigenvalue weighted by molar-refractivity contribution is 6.03. The second kappa shape index (κ2) is 5.96. The third-order valence-electron chi connectivity index (χ3n) is 6.06. The summed E-state index contributed by atoms with van der Waals surface area (Å²) in [5.41, 5.74) is 1.12. The van der Waals surface area contributed by atoms with Gasteiger partial charge in [0.2, 0.25) is 0 Å². The fraction of sp³-hybridized carbons (Fsp3) is 0.200. The van der Waals surface area contributed by atoms with Crippen LogP contribution in [0, 0.1) is 5.92 Å². The Bertz CT molecular complexity index is 1020. The second-order valence-corrected chi connectivity index (χ2v) is 7.45. The first kappa shape index (κ1) is 15.6. The van der Waals surface area contributed by atoms with Crippen molar-refractivity contribution in [1.82, 2.24) is 0 Å². The minimum atomic E-state index is -0.958. The van der Waals surface area contributed by atoms with Crippen molar-refractivity contribution in [2.45, 2.75) is 24.9 Å². The van der Waals surface area contributed by atoms with E-state index in [1.54, 1.807) is 0 Å². The highest BCUT2D eigenvalue weighted by Gasteiger charge is 2.44. The number of hydrogen-bond acceptors (Lipinski definition) is 1. The van der Waals surface area contributed by atoms with Gasteiger partial charge in [0.1, 0.15) is 5.60 Å². The molecular formula is C25H22O. The number of rotatable bonds is 3. The number of aliphatic hydroxyl groups is 1. The monoisotopic (exact) mass is 338 g/mol. The standard InChI is InChI=1S/C25H22O/c26-25(21-13-8-14-21,20-11-2-1-3-12-20)24-22-15-6-4-9-18(22)17-19-10-5-7-16-23(19)24/h1-7,9-12,15-17,21,26H,8,13-14H2/t25-/m0/s1.